The maximum atomic E-state index is 5.99. The van der Waals surface area contributed by atoms with E-state index < -0.39 is 0 Å². The van der Waals surface area contributed by atoms with Crippen molar-refractivity contribution in [1.82, 2.24) is 9.55 Å². The van der Waals surface area contributed by atoms with E-state index in [0.717, 1.165) is 30.6 Å². The van der Waals surface area contributed by atoms with Gasteiger partial charge in [0.15, 0.2) is 0 Å². The van der Waals surface area contributed by atoms with E-state index in [4.69, 9.17) is 10.7 Å². The lowest BCUT2D eigenvalue weighted by molar-refractivity contribution is 0.396. The summed E-state index contributed by atoms with van der Waals surface area (Å²) < 4.78 is 2.20. The predicted molar refractivity (Wildman–Crippen MR) is 79.3 cm³/mol. The molecule has 3 rings (SSSR count). The first kappa shape index (κ1) is 12.7. The summed E-state index contributed by atoms with van der Waals surface area (Å²) in [4.78, 5) is 4.74. The number of nitrogens with zero attached hydrogens (tertiary/aromatic N) is 2. The molecular weight excluding hydrogens is 234 g/mol. The third-order valence-corrected chi connectivity index (χ3v) is 4.56. The van der Waals surface area contributed by atoms with E-state index in [9.17, 15) is 0 Å². The Morgan fingerprint density at radius 3 is 2.68 bits per heavy atom. The highest BCUT2D eigenvalue weighted by Gasteiger charge is 2.20. The Kier molecular flexibility index (Phi) is 3.31. The Morgan fingerprint density at radius 1 is 1.26 bits per heavy atom. The third kappa shape index (κ3) is 2.27. The zero-order valence-electron chi connectivity index (χ0n) is 11.9. The van der Waals surface area contributed by atoms with Crippen LogP contribution in [0.2, 0.25) is 0 Å². The first-order valence-corrected chi connectivity index (χ1v) is 7.40. The van der Waals surface area contributed by atoms with Crippen LogP contribution in [0.1, 0.15) is 49.9 Å². The minimum atomic E-state index is 0.418. The van der Waals surface area contributed by atoms with Crippen LogP contribution in [0.5, 0.6) is 0 Å². The van der Waals surface area contributed by atoms with Crippen LogP contribution in [0.15, 0.2) is 18.2 Å². The van der Waals surface area contributed by atoms with Gasteiger partial charge in [-0.2, -0.15) is 0 Å². The Bertz CT molecular complexity index is 577. The molecule has 1 aliphatic carbocycles. The van der Waals surface area contributed by atoms with Crippen molar-refractivity contribution in [3.05, 3.63) is 29.6 Å². The van der Waals surface area contributed by atoms with E-state index in [0.29, 0.717) is 12.0 Å². The molecule has 1 fully saturated rings. The molecule has 1 heterocycles. The van der Waals surface area contributed by atoms with Crippen molar-refractivity contribution >= 4 is 11.0 Å². The van der Waals surface area contributed by atoms with Crippen LogP contribution >= 0.6 is 0 Å². The standard InChI is InChI=1S/C16H23N3/c1-3-16-18-14-10-12(6-9-15(14)19(16)2)11-4-7-13(17)8-5-11/h6,9-11,13H,3-5,7-8,17H2,1-2H3. The molecule has 3 heteroatoms. The number of nitrogens with two attached hydrogens (primary N) is 1. The fourth-order valence-electron chi connectivity index (χ4n) is 3.29. The van der Waals surface area contributed by atoms with Crippen LogP contribution in [0.25, 0.3) is 11.0 Å². The number of hydrogen-bond donors (Lipinski definition) is 1. The molecule has 0 unspecified atom stereocenters. The van der Waals surface area contributed by atoms with Crippen LogP contribution < -0.4 is 5.73 Å². The van der Waals surface area contributed by atoms with Crippen molar-refractivity contribution in [3.8, 4) is 0 Å². The van der Waals surface area contributed by atoms with E-state index in [-0.39, 0.29) is 0 Å². The smallest absolute Gasteiger partial charge is 0.109 e. The van der Waals surface area contributed by atoms with Gasteiger partial charge in [0.05, 0.1) is 11.0 Å². The first-order chi connectivity index (χ1) is 9.19. The molecule has 0 spiro atoms. The zero-order chi connectivity index (χ0) is 13.4. The molecule has 2 aromatic rings. The number of fused-ring (bicyclic) bond motifs is 1. The summed E-state index contributed by atoms with van der Waals surface area (Å²) in [6, 6.07) is 7.22. The average molecular weight is 257 g/mol. The molecule has 19 heavy (non-hydrogen) atoms. The minimum absolute atomic E-state index is 0.418. The lowest BCUT2D eigenvalue weighted by Gasteiger charge is -2.26. The molecule has 1 aliphatic rings. The maximum absolute atomic E-state index is 5.99. The first-order valence-electron chi connectivity index (χ1n) is 7.40. The van der Waals surface area contributed by atoms with E-state index in [1.165, 1.54) is 23.9 Å². The van der Waals surface area contributed by atoms with Gasteiger partial charge in [-0.25, -0.2) is 4.98 Å². The number of aromatic nitrogens is 2. The third-order valence-electron chi connectivity index (χ3n) is 4.56. The number of imidazole rings is 1. The van der Waals surface area contributed by atoms with Crippen molar-refractivity contribution in [3.63, 3.8) is 0 Å². The highest BCUT2D eigenvalue weighted by molar-refractivity contribution is 5.77. The second kappa shape index (κ2) is 4.97. The highest BCUT2D eigenvalue weighted by atomic mass is 15.1. The van der Waals surface area contributed by atoms with Crippen LogP contribution in [-0.4, -0.2) is 15.6 Å². The maximum Gasteiger partial charge on any atom is 0.109 e. The van der Waals surface area contributed by atoms with Crippen molar-refractivity contribution < 1.29 is 0 Å². The Labute approximate surface area is 114 Å². The molecule has 3 nitrogen and oxygen atoms in total. The van der Waals surface area contributed by atoms with E-state index >= 15 is 0 Å². The van der Waals surface area contributed by atoms with Crippen LogP contribution in [0.4, 0.5) is 0 Å². The van der Waals surface area contributed by atoms with Crippen molar-refractivity contribution in [2.24, 2.45) is 12.8 Å². The van der Waals surface area contributed by atoms with Crippen LogP contribution in [0, 0.1) is 0 Å². The van der Waals surface area contributed by atoms with Gasteiger partial charge in [0, 0.05) is 19.5 Å². The molecule has 0 aliphatic heterocycles. The lowest BCUT2D eigenvalue weighted by Crippen LogP contribution is -2.25. The quantitative estimate of drug-likeness (QED) is 0.898. The molecule has 102 valence electrons. The summed E-state index contributed by atoms with van der Waals surface area (Å²) in [5, 5.41) is 0. The van der Waals surface area contributed by atoms with E-state index in [1.54, 1.807) is 0 Å². The average Bonchev–Trinajstić information content (AvgIpc) is 2.76. The Morgan fingerprint density at radius 2 is 2.00 bits per heavy atom. The molecule has 0 saturated heterocycles. The number of benzene rings is 1. The van der Waals surface area contributed by atoms with E-state index in [1.807, 2.05) is 0 Å². The topological polar surface area (TPSA) is 43.8 Å². The molecule has 0 amide bonds. The molecular formula is C16H23N3. The minimum Gasteiger partial charge on any atom is -0.331 e. The molecule has 0 radical (unpaired) electrons. The van der Waals surface area contributed by atoms with Crippen molar-refractivity contribution in [2.75, 3.05) is 0 Å². The SMILES string of the molecule is CCc1nc2cc(C3CCC(N)CC3)ccc2n1C. The molecule has 1 aromatic heterocycles. The van der Waals surface area contributed by atoms with Gasteiger partial charge < -0.3 is 10.3 Å². The summed E-state index contributed by atoms with van der Waals surface area (Å²) in [5.41, 5.74) is 9.82. The van der Waals surface area contributed by atoms with Gasteiger partial charge in [0.1, 0.15) is 5.82 Å². The fraction of sp³-hybridized carbons (Fsp3) is 0.562. The summed E-state index contributed by atoms with van der Waals surface area (Å²) in [6.07, 6.45) is 5.75. The van der Waals surface area contributed by atoms with Gasteiger partial charge in [-0.1, -0.05) is 13.0 Å². The van der Waals surface area contributed by atoms with Gasteiger partial charge in [0.2, 0.25) is 0 Å². The van der Waals surface area contributed by atoms with Crippen LogP contribution in [-0.2, 0) is 13.5 Å². The predicted octanol–water partition coefficient (Wildman–Crippen LogP) is 3.12. The van der Waals surface area contributed by atoms with Gasteiger partial charge in [0.25, 0.3) is 0 Å². The van der Waals surface area contributed by atoms with Crippen molar-refractivity contribution in [1.29, 1.82) is 0 Å². The van der Waals surface area contributed by atoms with Crippen molar-refractivity contribution in [2.45, 2.75) is 51.0 Å². The summed E-state index contributed by atoms with van der Waals surface area (Å²) in [7, 11) is 2.10. The summed E-state index contributed by atoms with van der Waals surface area (Å²) >= 11 is 0. The summed E-state index contributed by atoms with van der Waals surface area (Å²) in [5.74, 6) is 1.84. The van der Waals surface area contributed by atoms with Gasteiger partial charge in [-0.3, -0.25) is 0 Å². The number of hydrogen-bond acceptors (Lipinski definition) is 2. The Balaban J connectivity index is 1.93. The molecule has 0 bridgehead atoms. The van der Waals surface area contributed by atoms with Gasteiger partial charge in [-0.05, 0) is 49.3 Å². The van der Waals surface area contributed by atoms with Crippen LogP contribution in [0.3, 0.4) is 0 Å². The molecule has 0 atom stereocenters. The molecule has 1 aromatic carbocycles. The number of aryl methyl sites for hydroxylation is 2. The normalized spacial score (nSPS) is 23.9. The van der Waals surface area contributed by atoms with Gasteiger partial charge >= 0.3 is 0 Å². The molecule has 1 saturated carbocycles. The fourth-order valence-corrected chi connectivity index (χ4v) is 3.29. The largest absolute Gasteiger partial charge is 0.331 e. The Hall–Kier alpha value is -1.35. The molecule has 2 N–H and O–H groups in total. The number of rotatable bonds is 2. The second-order valence-electron chi connectivity index (χ2n) is 5.80. The lowest BCUT2D eigenvalue weighted by atomic mass is 9.82. The zero-order valence-corrected chi connectivity index (χ0v) is 11.9. The van der Waals surface area contributed by atoms with E-state index in [2.05, 4.69) is 36.7 Å². The monoisotopic (exact) mass is 257 g/mol. The summed E-state index contributed by atoms with van der Waals surface area (Å²) in [6.45, 7) is 2.16. The highest BCUT2D eigenvalue weighted by Crippen LogP contribution is 2.33. The van der Waals surface area contributed by atoms with Gasteiger partial charge in [-0.15, -0.1) is 0 Å². The second-order valence-corrected chi connectivity index (χ2v) is 5.80.